The zero-order valence-electron chi connectivity index (χ0n) is 13.8. The third-order valence-electron chi connectivity index (χ3n) is 3.36. The Morgan fingerprint density at radius 3 is 2.92 bits per heavy atom. The van der Waals surface area contributed by atoms with E-state index in [1.807, 2.05) is 18.2 Å². The van der Waals surface area contributed by atoms with Crippen molar-refractivity contribution in [2.75, 3.05) is 17.7 Å². The minimum Gasteiger partial charge on any atom is -0.465 e. The van der Waals surface area contributed by atoms with E-state index in [1.165, 1.54) is 13.3 Å². The Morgan fingerprint density at radius 1 is 1.27 bits per heavy atom. The molecule has 0 unspecified atom stereocenters. The largest absolute Gasteiger partial charge is 0.465 e. The average Bonchev–Trinajstić information content (AvgIpc) is 2.68. The van der Waals surface area contributed by atoms with Gasteiger partial charge in [0.1, 0.15) is 0 Å². The summed E-state index contributed by atoms with van der Waals surface area (Å²) in [6.07, 6.45) is 3.16. The molecule has 0 saturated carbocycles. The number of pyridine rings is 1. The molecule has 0 spiro atoms. The first-order valence-corrected chi connectivity index (χ1v) is 8.02. The van der Waals surface area contributed by atoms with E-state index >= 15 is 0 Å². The number of carbonyl (C=O) groups excluding carboxylic acids is 1. The van der Waals surface area contributed by atoms with E-state index in [1.54, 1.807) is 24.4 Å². The van der Waals surface area contributed by atoms with Gasteiger partial charge < -0.3 is 15.4 Å². The summed E-state index contributed by atoms with van der Waals surface area (Å²) in [6.45, 7) is 0.463. The normalized spacial score (nSPS) is 10.2. The van der Waals surface area contributed by atoms with Gasteiger partial charge in [0.2, 0.25) is 5.95 Å². The number of hydrogen-bond acceptors (Lipinski definition) is 8. The Bertz CT molecular complexity index is 907. The highest BCUT2D eigenvalue weighted by Gasteiger charge is 2.10. The van der Waals surface area contributed by atoms with Gasteiger partial charge in [-0.15, -0.1) is 5.10 Å². The van der Waals surface area contributed by atoms with Crippen LogP contribution in [0.15, 0.2) is 48.8 Å². The van der Waals surface area contributed by atoms with Crippen LogP contribution in [0.4, 0.5) is 17.5 Å². The van der Waals surface area contributed by atoms with Crippen molar-refractivity contribution < 1.29 is 9.53 Å². The molecule has 0 aliphatic heterocycles. The van der Waals surface area contributed by atoms with Crippen molar-refractivity contribution in [1.29, 1.82) is 0 Å². The summed E-state index contributed by atoms with van der Waals surface area (Å²) in [4.78, 5) is 20.2. The van der Waals surface area contributed by atoms with Gasteiger partial charge in [-0.2, -0.15) is 10.1 Å². The highest BCUT2D eigenvalue weighted by Crippen LogP contribution is 2.26. The van der Waals surface area contributed by atoms with Crippen LogP contribution < -0.4 is 10.6 Å². The summed E-state index contributed by atoms with van der Waals surface area (Å²) in [7, 11) is 1.32. The Balaban J connectivity index is 1.73. The molecule has 2 heterocycles. The van der Waals surface area contributed by atoms with Gasteiger partial charge in [-0.05, 0) is 30.3 Å². The standard InChI is InChI=1S/C17H15ClN6O2/c1-26-16(25)11-5-6-13(18)14(8-11)22-15-10-21-24-17(23-15)20-9-12-4-2-3-7-19-12/h2-8,10H,9H2,1H3,(H2,20,22,23,24). The minimum absolute atomic E-state index is 0.334. The summed E-state index contributed by atoms with van der Waals surface area (Å²) in [5, 5.41) is 14.3. The number of benzene rings is 1. The predicted molar refractivity (Wildman–Crippen MR) is 97.5 cm³/mol. The van der Waals surface area contributed by atoms with E-state index in [0.717, 1.165) is 5.69 Å². The number of carbonyl (C=O) groups is 1. The quantitative estimate of drug-likeness (QED) is 0.638. The maximum absolute atomic E-state index is 11.7. The van der Waals surface area contributed by atoms with E-state index in [2.05, 4.69) is 30.8 Å². The number of nitrogens with one attached hydrogen (secondary N) is 2. The molecule has 0 amide bonds. The smallest absolute Gasteiger partial charge is 0.337 e. The van der Waals surface area contributed by atoms with Gasteiger partial charge in [0, 0.05) is 6.20 Å². The third-order valence-corrected chi connectivity index (χ3v) is 3.69. The average molecular weight is 371 g/mol. The molecule has 0 radical (unpaired) electrons. The lowest BCUT2D eigenvalue weighted by atomic mass is 10.2. The molecule has 2 aromatic heterocycles. The molecule has 0 aliphatic carbocycles. The number of halogens is 1. The van der Waals surface area contributed by atoms with Crippen LogP contribution in [0.3, 0.4) is 0 Å². The lowest BCUT2D eigenvalue weighted by molar-refractivity contribution is 0.0601. The Kier molecular flexibility index (Phi) is 5.55. The van der Waals surface area contributed by atoms with Gasteiger partial charge in [-0.3, -0.25) is 4.98 Å². The number of aromatic nitrogens is 4. The fraction of sp³-hybridized carbons (Fsp3) is 0.118. The van der Waals surface area contributed by atoms with Crippen molar-refractivity contribution in [2.24, 2.45) is 0 Å². The summed E-state index contributed by atoms with van der Waals surface area (Å²) in [6, 6.07) is 10.4. The van der Waals surface area contributed by atoms with E-state index < -0.39 is 5.97 Å². The van der Waals surface area contributed by atoms with Crippen LogP contribution in [0.5, 0.6) is 0 Å². The maximum Gasteiger partial charge on any atom is 0.337 e. The van der Waals surface area contributed by atoms with Gasteiger partial charge in [-0.25, -0.2) is 4.79 Å². The zero-order chi connectivity index (χ0) is 18.4. The fourth-order valence-electron chi connectivity index (χ4n) is 2.11. The monoisotopic (exact) mass is 370 g/mol. The molecule has 0 fully saturated rings. The van der Waals surface area contributed by atoms with Crippen LogP contribution in [0.2, 0.25) is 5.02 Å². The molecule has 26 heavy (non-hydrogen) atoms. The molecule has 1 aromatic carbocycles. The molecule has 0 atom stereocenters. The van der Waals surface area contributed by atoms with Crippen LogP contribution >= 0.6 is 11.6 Å². The summed E-state index contributed by atoms with van der Waals surface area (Å²) < 4.78 is 4.71. The van der Waals surface area contributed by atoms with E-state index in [9.17, 15) is 4.79 Å². The summed E-state index contributed by atoms with van der Waals surface area (Å²) >= 11 is 6.17. The van der Waals surface area contributed by atoms with Crippen molar-refractivity contribution in [3.8, 4) is 0 Å². The number of rotatable bonds is 6. The van der Waals surface area contributed by atoms with Crippen molar-refractivity contribution in [2.45, 2.75) is 6.54 Å². The van der Waals surface area contributed by atoms with E-state index in [-0.39, 0.29) is 0 Å². The lowest BCUT2D eigenvalue weighted by Crippen LogP contribution is -2.07. The lowest BCUT2D eigenvalue weighted by Gasteiger charge is -2.10. The molecule has 8 nitrogen and oxygen atoms in total. The van der Waals surface area contributed by atoms with Crippen LogP contribution in [-0.4, -0.2) is 33.2 Å². The van der Waals surface area contributed by atoms with Crippen molar-refractivity contribution in [1.82, 2.24) is 20.2 Å². The van der Waals surface area contributed by atoms with E-state index in [4.69, 9.17) is 16.3 Å². The highest BCUT2D eigenvalue weighted by atomic mass is 35.5. The number of hydrogen-bond donors (Lipinski definition) is 2. The highest BCUT2D eigenvalue weighted by molar-refractivity contribution is 6.33. The predicted octanol–water partition coefficient (Wildman–Crippen LogP) is 3.06. The first-order chi connectivity index (χ1) is 12.7. The second-order valence-corrected chi connectivity index (χ2v) is 5.56. The van der Waals surface area contributed by atoms with Crippen molar-refractivity contribution >= 4 is 35.0 Å². The Morgan fingerprint density at radius 2 is 2.15 bits per heavy atom. The molecular formula is C17H15ClN6O2. The summed E-state index contributed by atoms with van der Waals surface area (Å²) in [5.74, 6) is 0.302. The maximum atomic E-state index is 11.7. The Hall–Kier alpha value is -3.26. The number of esters is 1. The number of ether oxygens (including phenoxy) is 1. The van der Waals surface area contributed by atoms with Gasteiger partial charge in [0.05, 0.1) is 41.8 Å². The van der Waals surface area contributed by atoms with Gasteiger partial charge >= 0.3 is 5.97 Å². The summed E-state index contributed by atoms with van der Waals surface area (Å²) in [5.41, 5.74) is 1.73. The van der Waals surface area contributed by atoms with Crippen LogP contribution in [0.25, 0.3) is 0 Å². The molecule has 0 aliphatic rings. The molecule has 3 rings (SSSR count). The molecular weight excluding hydrogens is 356 g/mol. The third kappa shape index (κ3) is 4.42. The molecule has 132 valence electrons. The zero-order valence-corrected chi connectivity index (χ0v) is 14.6. The second-order valence-electron chi connectivity index (χ2n) is 5.15. The van der Waals surface area contributed by atoms with Crippen LogP contribution in [-0.2, 0) is 11.3 Å². The van der Waals surface area contributed by atoms with Gasteiger partial charge in [0.25, 0.3) is 0 Å². The molecule has 2 N–H and O–H groups in total. The van der Waals surface area contributed by atoms with E-state index in [0.29, 0.717) is 34.6 Å². The number of anilines is 3. The molecule has 9 heteroatoms. The van der Waals surface area contributed by atoms with Crippen LogP contribution in [0.1, 0.15) is 16.1 Å². The van der Waals surface area contributed by atoms with Gasteiger partial charge in [-0.1, -0.05) is 17.7 Å². The Labute approximate surface area is 154 Å². The number of nitrogens with zero attached hydrogens (tertiary/aromatic N) is 4. The van der Waals surface area contributed by atoms with Gasteiger partial charge in [0.15, 0.2) is 5.82 Å². The van der Waals surface area contributed by atoms with Crippen molar-refractivity contribution in [3.63, 3.8) is 0 Å². The first kappa shape index (κ1) is 17.6. The fourth-order valence-corrected chi connectivity index (χ4v) is 2.28. The SMILES string of the molecule is COC(=O)c1ccc(Cl)c(Nc2cnnc(NCc3ccccn3)n2)c1. The molecule has 3 aromatic rings. The first-order valence-electron chi connectivity index (χ1n) is 7.64. The molecule has 0 bridgehead atoms. The number of methoxy groups -OCH3 is 1. The topological polar surface area (TPSA) is 102 Å². The second kappa shape index (κ2) is 8.21. The van der Waals surface area contributed by atoms with Crippen LogP contribution in [0, 0.1) is 0 Å². The van der Waals surface area contributed by atoms with Crippen molar-refractivity contribution in [3.05, 3.63) is 65.1 Å². The minimum atomic E-state index is -0.455. The molecule has 0 saturated heterocycles.